The number of hydrogen-bond donors (Lipinski definition) is 0. The number of ketones is 1. The van der Waals surface area contributed by atoms with Crippen LogP contribution in [0.5, 0.6) is 0 Å². The molecule has 0 bridgehead atoms. The van der Waals surface area contributed by atoms with Crippen molar-refractivity contribution < 1.29 is 4.79 Å². The molecule has 4 heteroatoms. The highest BCUT2D eigenvalue weighted by atomic mass is 127. The van der Waals surface area contributed by atoms with Crippen molar-refractivity contribution in [3.05, 3.63) is 51.4 Å². The maximum atomic E-state index is 12.0. The van der Waals surface area contributed by atoms with E-state index in [1.807, 2.05) is 37.4 Å². The van der Waals surface area contributed by atoms with Crippen LogP contribution in [0.15, 0.2) is 36.5 Å². The van der Waals surface area contributed by atoms with Crippen LogP contribution in [0, 0.1) is 3.70 Å². The first-order chi connectivity index (χ1) is 7.20. The molecule has 1 heterocycles. The first-order valence-corrected chi connectivity index (χ1v) is 5.55. The fraction of sp³-hybridized carbons (Fsp3) is 0.0909. The zero-order valence-electron chi connectivity index (χ0n) is 8.14. The molecule has 0 saturated carbocycles. The second-order valence-corrected chi connectivity index (χ2v) is 4.19. The smallest absolute Gasteiger partial charge is 0.197 e. The Morgan fingerprint density at radius 2 is 2.00 bits per heavy atom. The van der Waals surface area contributed by atoms with E-state index < -0.39 is 0 Å². The van der Waals surface area contributed by atoms with Gasteiger partial charge < -0.3 is 0 Å². The Kier molecular flexibility index (Phi) is 2.86. The molecule has 0 aliphatic rings. The molecule has 3 nitrogen and oxygen atoms in total. The van der Waals surface area contributed by atoms with Crippen LogP contribution in [0.4, 0.5) is 0 Å². The Morgan fingerprint density at radius 3 is 2.53 bits per heavy atom. The molecule has 0 spiro atoms. The Labute approximate surface area is 101 Å². The highest BCUT2D eigenvalue weighted by Gasteiger charge is 2.15. The van der Waals surface area contributed by atoms with Gasteiger partial charge >= 0.3 is 0 Å². The maximum Gasteiger partial charge on any atom is 0.197 e. The summed E-state index contributed by atoms with van der Waals surface area (Å²) in [6, 6.07) is 9.23. The summed E-state index contributed by atoms with van der Waals surface area (Å²) in [7, 11) is 1.82. The van der Waals surface area contributed by atoms with Gasteiger partial charge in [-0.2, -0.15) is 5.10 Å². The minimum Gasteiger partial charge on any atom is -0.288 e. The highest BCUT2D eigenvalue weighted by molar-refractivity contribution is 14.1. The Bertz CT molecular complexity index is 491. The zero-order chi connectivity index (χ0) is 10.8. The predicted octanol–water partition coefficient (Wildman–Crippen LogP) is 2.26. The van der Waals surface area contributed by atoms with Gasteiger partial charge in [0.05, 0.1) is 11.8 Å². The van der Waals surface area contributed by atoms with Crippen LogP contribution in [0.25, 0.3) is 0 Å². The second kappa shape index (κ2) is 4.14. The van der Waals surface area contributed by atoms with E-state index in [9.17, 15) is 4.79 Å². The molecule has 0 aliphatic heterocycles. The lowest BCUT2D eigenvalue weighted by atomic mass is 10.1. The van der Waals surface area contributed by atoms with Crippen molar-refractivity contribution in [2.75, 3.05) is 0 Å². The van der Waals surface area contributed by atoms with Crippen LogP contribution in [0.1, 0.15) is 15.9 Å². The molecule has 0 amide bonds. The van der Waals surface area contributed by atoms with E-state index in [4.69, 9.17) is 0 Å². The predicted molar refractivity (Wildman–Crippen MR) is 65.8 cm³/mol. The van der Waals surface area contributed by atoms with Gasteiger partial charge in [-0.05, 0) is 22.6 Å². The van der Waals surface area contributed by atoms with Crippen molar-refractivity contribution in [3.8, 4) is 0 Å². The Hall–Kier alpha value is -1.17. The van der Waals surface area contributed by atoms with Crippen molar-refractivity contribution in [2.45, 2.75) is 0 Å². The molecule has 0 atom stereocenters. The van der Waals surface area contributed by atoms with Gasteiger partial charge in [0, 0.05) is 12.6 Å². The van der Waals surface area contributed by atoms with Crippen LogP contribution in [0.3, 0.4) is 0 Å². The number of aromatic nitrogens is 2. The summed E-state index contributed by atoms with van der Waals surface area (Å²) >= 11 is 2.12. The monoisotopic (exact) mass is 312 g/mol. The number of rotatable bonds is 2. The first kappa shape index (κ1) is 10.4. The molecule has 0 fully saturated rings. The highest BCUT2D eigenvalue weighted by Crippen LogP contribution is 2.15. The quantitative estimate of drug-likeness (QED) is 0.630. The van der Waals surface area contributed by atoms with Crippen molar-refractivity contribution >= 4 is 28.4 Å². The van der Waals surface area contributed by atoms with Crippen molar-refractivity contribution in [3.63, 3.8) is 0 Å². The zero-order valence-corrected chi connectivity index (χ0v) is 10.3. The molecular weight excluding hydrogens is 303 g/mol. The van der Waals surface area contributed by atoms with E-state index in [-0.39, 0.29) is 5.78 Å². The van der Waals surface area contributed by atoms with E-state index in [0.717, 1.165) is 3.70 Å². The second-order valence-electron chi connectivity index (χ2n) is 3.17. The van der Waals surface area contributed by atoms with Crippen LogP contribution in [0.2, 0.25) is 0 Å². The van der Waals surface area contributed by atoms with E-state index >= 15 is 0 Å². The third-order valence-corrected chi connectivity index (χ3v) is 3.43. The number of benzene rings is 1. The number of aryl methyl sites for hydroxylation is 1. The molecule has 76 valence electrons. The van der Waals surface area contributed by atoms with Gasteiger partial charge in [-0.1, -0.05) is 30.3 Å². The van der Waals surface area contributed by atoms with Gasteiger partial charge in [0.25, 0.3) is 0 Å². The van der Waals surface area contributed by atoms with E-state index in [0.29, 0.717) is 11.1 Å². The topological polar surface area (TPSA) is 34.9 Å². The minimum atomic E-state index is 0.0214. The molecular formula is C11H9IN2O. The molecule has 0 unspecified atom stereocenters. The van der Waals surface area contributed by atoms with Crippen molar-refractivity contribution in [1.29, 1.82) is 0 Å². The van der Waals surface area contributed by atoms with Crippen LogP contribution < -0.4 is 0 Å². The fourth-order valence-corrected chi connectivity index (χ4v) is 1.83. The fourth-order valence-electron chi connectivity index (χ4n) is 1.32. The minimum absolute atomic E-state index is 0.0214. The summed E-state index contributed by atoms with van der Waals surface area (Å²) in [6.45, 7) is 0. The lowest BCUT2D eigenvalue weighted by Crippen LogP contribution is -2.03. The number of carbonyl (C=O) groups excluding carboxylic acids is 1. The number of hydrogen-bond acceptors (Lipinski definition) is 2. The molecule has 1 aromatic carbocycles. The average molecular weight is 312 g/mol. The number of halogens is 1. The molecule has 0 N–H and O–H groups in total. The Morgan fingerprint density at radius 1 is 1.33 bits per heavy atom. The summed E-state index contributed by atoms with van der Waals surface area (Å²) in [4.78, 5) is 12.0. The van der Waals surface area contributed by atoms with Crippen LogP contribution in [-0.2, 0) is 7.05 Å². The van der Waals surface area contributed by atoms with Gasteiger partial charge in [-0.3, -0.25) is 9.48 Å². The van der Waals surface area contributed by atoms with E-state index in [1.165, 1.54) is 0 Å². The van der Waals surface area contributed by atoms with Gasteiger partial charge in [0.1, 0.15) is 3.70 Å². The molecule has 0 aliphatic carbocycles. The van der Waals surface area contributed by atoms with E-state index in [2.05, 4.69) is 27.7 Å². The lowest BCUT2D eigenvalue weighted by Gasteiger charge is -1.98. The van der Waals surface area contributed by atoms with E-state index in [1.54, 1.807) is 10.9 Å². The normalized spacial score (nSPS) is 10.3. The molecule has 0 radical (unpaired) electrons. The number of carbonyl (C=O) groups is 1. The largest absolute Gasteiger partial charge is 0.288 e. The molecule has 15 heavy (non-hydrogen) atoms. The van der Waals surface area contributed by atoms with Gasteiger partial charge in [0.2, 0.25) is 0 Å². The molecule has 2 rings (SSSR count). The van der Waals surface area contributed by atoms with Gasteiger partial charge in [-0.25, -0.2) is 0 Å². The standard InChI is InChI=1S/C11H9IN2O/c1-14-11(12)9(7-13-14)10(15)8-5-3-2-4-6-8/h2-7H,1H3. The molecule has 0 saturated heterocycles. The Balaban J connectivity index is 2.42. The molecule has 1 aromatic heterocycles. The third kappa shape index (κ3) is 1.94. The molecule has 2 aromatic rings. The SMILES string of the molecule is Cn1ncc(C(=O)c2ccccc2)c1I. The maximum absolute atomic E-state index is 12.0. The van der Waals surface area contributed by atoms with Crippen LogP contribution >= 0.6 is 22.6 Å². The summed E-state index contributed by atoms with van der Waals surface area (Å²) in [5.41, 5.74) is 1.35. The van der Waals surface area contributed by atoms with Crippen LogP contribution in [-0.4, -0.2) is 15.6 Å². The van der Waals surface area contributed by atoms with Crippen molar-refractivity contribution in [2.24, 2.45) is 7.05 Å². The van der Waals surface area contributed by atoms with Gasteiger partial charge in [0.15, 0.2) is 5.78 Å². The average Bonchev–Trinajstić information content (AvgIpc) is 2.60. The van der Waals surface area contributed by atoms with Gasteiger partial charge in [-0.15, -0.1) is 0 Å². The first-order valence-electron chi connectivity index (χ1n) is 4.47. The lowest BCUT2D eigenvalue weighted by molar-refractivity contribution is 0.103. The summed E-state index contributed by atoms with van der Waals surface area (Å²) in [6.07, 6.45) is 1.61. The number of nitrogens with zero attached hydrogens (tertiary/aromatic N) is 2. The summed E-state index contributed by atoms with van der Waals surface area (Å²) < 4.78 is 2.55. The summed E-state index contributed by atoms with van der Waals surface area (Å²) in [5, 5.41) is 4.05. The summed E-state index contributed by atoms with van der Waals surface area (Å²) in [5.74, 6) is 0.0214. The van der Waals surface area contributed by atoms with Crippen molar-refractivity contribution in [1.82, 2.24) is 9.78 Å². The third-order valence-electron chi connectivity index (χ3n) is 2.15.